The van der Waals surface area contributed by atoms with Crippen molar-refractivity contribution in [1.29, 1.82) is 4.78 Å². The summed E-state index contributed by atoms with van der Waals surface area (Å²) < 4.78 is 31.9. The maximum atomic E-state index is 13.6. The van der Waals surface area contributed by atoms with E-state index in [1.807, 2.05) is 24.3 Å². The number of anilines is 1. The summed E-state index contributed by atoms with van der Waals surface area (Å²) in [6.45, 7) is 6.73. The van der Waals surface area contributed by atoms with E-state index in [9.17, 15) is 4.21 Å². The van der Waals surface area contributed by atoms with Crippen LogP contribution in [-0.4, -0.2) is 38.3 Å². The van der Waals surface area contributed by atoms with Crippen LogP contribution in [0, 0.1) is 24.5 Å². The number of likely N-dealkylation sites (tertiary alicyclic amines) is 1. The normalized spacial score (nSPS) is 22.9. The maximum absolute atomic E-state index is 13.6. The summed E-state index contributed by atoms with van der Waals surface area (Å²) in [7, 11) is -3.39. The molecule has 4 aromatic rings. The fourth-order valence-electron chi connectivity index (χ4n) is 5.98. The molecule has 3 atom stereocenters. The Morgan fingerprint density at radius 2 is 1.77 bits per heavy atom. The summed E-state index contributed by atoms with van der Waals surface area (Å²) in [6, 6.07) is 26.2. The lowest BCUT2D eigenvalue weighted by atomic mass is 9.92. The van der Waals surface area contributed by atoms with Gasteiger partial charge in [-0.15, -0.1) is 0 Å². The molecule has 1 aromatic heterocycles. The summed E-state index contributed by atoms with van der Waals surface area (Å²) in [5.41, 5.74) is 6.21. The van der Waals surface area contributed by atoms with Crippen molar-refractivity contribution >= 4 is 15.9 Å². The van der Waals surface area contributed by atoms with Crippen LogP contribution in [0.25, 0.3) is 11.3 Å². The lowest BCUT2D eigenvalue weighted by molar-refractivity contribution is 0.128. The van der Waals surface area contributed by atoms with E-state index >= 15 is 0 Å². The maximum Gasteiger partial charge on any atom is 0.239 e. The summed E-state index contributed by atoms with van der Waals surface area (Å²) in [6.07, 6.45) is 2.69. The first kappa shape index (κ1) is 26.5. The molecule has 0 aliphatic carbocycles. The number of nitrogens with one attached hydrogen (secondary N) is 2. The monoisotopic (exact) mass is 553 g/mol. The predicted molar refractivity (Wildman–Crippen MR) is 159 cm³/mol. The Morgan fingerprint density at radius 1 is 1.00 bits per heavy atom. The van der Waals surface area contributed by atoms with Crippen LogP contribution >= 0.6 is 0 Å². The number of fused-ring (bicyclic) bond motifs is 6. The molecule has 2 N–H and O–H groups in total. The number of nitrogens with zero attached hydrogens (tertiary/aromatic N) is 3. The topological polar surface area (TPSA) is 91.2 Å². The Kier molecular flexibility index (Phi) is 7.29. The molecule has 3 aromatic carbocycles. The number of aryl methyl sites for hydroxylation is 2. The van der Waals surface area contributed by atoms with Crippen molar-refractivity contribution in [3.05, 3.63) is 101 Å². The summed E-state index contributed by atoms with van der Waals surface area (Å²) in [5, 5.41) is 0. The van der Waals surface area contributed by atoms with Gasteiger partial charge in [-0.3, -0.25) is 9.62 Å². The molecule has 3 heterocycles. The molecule has 7 nitrogen and oxygen atoms in total. The first-order chi connectivity index (χ1) is 19.3. The molecular weight excluding hydrogens is 518 g/mol. The third kappa shape index (κ3) is 5.88. The molecular formula is C32H35N5O2S. The van der Waals surface area contributed by atoms with Gasteiger partial charge in [0.2, 0.25) is 11.8 Å². The van der Waals surface area contributed by atoms with E-state index in [1.54, 1.807) is 6.07 Å². The van der Waals surface area contributed by atoms with Gasteiger partial charge in [-0.05, 0) is 80.0 Å². The molecule has 2 aliphatic heterocycles. The molecule has 0 radical (unpaired) electrons. The van der Waals surface area contributed by atoms with Crippen LogP contribution in [0.3, 0.4) is 0 Å². The van der Waals surface area contributed by atoms with Gasteiger partial charge in [-0.1, -0.05) is 60.7 Å². The Balaban J connectivity index is 1.43. The molecule has 40 heavy (non-hydrogen) atoms. The summed E-state index contributed by atoms with van der Waals surface area (Å²) in [4.78, 5) is 12.3. The zero-order valence-electron chi connectivity index (χ0n) is 23.0. The van der Waals surface area contributed by atoms with E-state index in [2.05, 4.69) is 77.0 Å². The first-order valence-corrected chi connectivity index (χ1v) is 15.4. The molecule has 1 fully saturated rings. The van der Waals surface area contributed by atoms with Crippen LogP contribution in [0.15, 0.2) is 83.8 Å². The zero-order valence-corrected chi connectivity index (χ0v) is 23.8. The number of hydrogen-bond donors (Lipinski definition) is 2. The van der Waals surface area contributed by atoms with Gasteiger partial charge in [0.05, 0.1) is 10.6 Å². The van der Waals surface area contributed by atoms with Crippen molar-refractivity contribution < 1.29 is 8.95 Å². The highest BCUT2D eigenvalue weighted by atomic mass is 32.2. The molecule has 0 spiro atoms. The van der Waals surface area contributed by atoms with Gasteiger partial charge >= 0.3 is 0 Å². The van der Waals surface area contributed by atoms with Gasteiger partial charge in [0, 0.05) is 24.7 Å². The molecule has 3 unspecified atom stereocenters. The minimum Gasteiger partial charge on any atom is -0.473 e. The van der Waals surface area contributed by atoms with Crippen molar-refractivity contribution in [2.75, 3.05) is 17.8 Å². The Morgan fingerprint density at radius 3 is 2.58 bits per heavy atom. The predicted octanol–water partition coefficient (Wildman–Crippen LogP) is 6.41. The van der Waals surface area contributed by atoms with Gasteiger partial charge in [-0.25, -0.2) is 14.0 Å². The number of ether oxygens (including phenoxy) is 1. The van der Waals surface area contributed by atoms with Crippen LogP contribution in [-0.2, 0) is 22.9 Å². The largest absolute Gasteiger partial charge is 0.473 e. The fraction of sp³-hybridized carbons (Fsp3) is 0.312. The third-order valence-electron chi connectivity index (χ3n) is 7.88. The van der Waals surface area contributed by atoms with Gasteiger partial charge in [0.15, 0.2) is 9.92 Å². The minimum absolute atomic E-state index is 0.0749. The van der Waals surface area contributed by atoms with Gasteiger partial charge in [0.1, 0.15) is 6.10 Å². The standard InChI is InChI=1S/C32H35N5O2S/c1-22-8-6-9-23(2)31(22)29-19-30-35-32(34-29)36-40(33,38)28-13-7-12-25(18-28)16-26-14-15-37(21-27(17-26)39-30)20-24-10-4-3-5-11-24/h3-13,18-19,26-27H,14-17,20-21H2,1-2H3,(H2,33,34,35,36,38). The molecule has 1 saturated heterocycles. The van der Waals surface area contributed by atoms with E-state index < -0.39 is 9.92 Å². The van der Waals surface area contributed by atoms with Crippen molar-refractivity contribution in [1.82, 2.24) is 14.9 Å². The van der Waals surface area contributed by atoms with Crippen molar-refractivity contribution in [2.24, 2.45) is 5.92 Å². The molecule has 6 rings (SSSR count). The second kappa shape index (κ2) is 11.0. The molecule has 6 bridgehead atoms. The minimum atomic E-state index is -3.39. The van der Waals surface area contributed by atoms with Crippen LogP contribution in [0.2, 0.25) is 0 Å². The highest BCUT2D eigenvalue weighted by Crippen LogP contribution is 2.32. The zero-order chi connectivity index (χ0) is 27.7. The number of hydrogen-bond acceptors (Lipinski definition) is 6. The SMILES string of the molecule is Cc1cccc(C)c1-c1cc2nc(n1)NS(=N)(=O)c1cccc(c1)CC1CCN(Cc3ccccc3)CC(C1)O2. The highest BCUT2D eigenvalue weighted by Gasteiger charge is 2.28. The number of benzene rings is 3. The summed E-state index contributed by atoms with van der Waals surface area (Å²) in [5.74, 6) is 0.948. The van der Waals surface area contributed by atoms with Crippen LogP contribution in [0.5, 0.6) is 5.88 Å². The van der Waals surface area contributed by atoms with Crippen molar-refractivity contribution in [3.63, 3.8) is 0 Å². The van der Waals surface area contributed by atoms with Gasteiger partial charge in [-0.2, -0.15) is 4.98 Å². The van der Waals surface area contributed by atoms with Crippen molar-refractivity contribution in [2.45, 2.75) is 50.7 Å². The van der Waals surface area contributed by atoms with Gasteiger partial charge < -0.3 is 4.74 Å². The Hall–Kier alpha value is -3.75. The molecule has 0 saturated carbocycles. The number of aromatic nitrogens is 2. The van der Waals surface area contributed by atoms with E-state index in [1.165, 1.54) is 5.56 Å². The van der Waals surface area contributed by atoms with Crippen LogP contribution < -0.4 is 9.46 Å². The van der Waals surface area contributed by atoms with Crippen molar-refractivity contribution in [3.8, 4) is 17.1 Å². The average molecular weight is 554 g/mol. The quantitative estimate of drug-likeness (QED) is 0.306. The Bertz CT molecular complexity index is 1600. The molecule has 2 aliphatic rings. The molecule has 8 heteroatoms. The summed E-state index contributed by atoms with van der Waals surface area (Å²) >= 11 is 0. The lowest BCUT2D eigenvalue weighted by Gasteiger charge is -2.25. The van der Waals surface area contributed by atoms with Gasteiger partial charge in [0.25, 0.3) is 0 Å². The second-order valence-electron chi connectivity index (χ2n) is 11.0. The van der Waals surface area contributed by atoms with Crippen LogP contribution in [0.4, 0.5) is 5.95 Å². The molecule has 0 amide bonds. The van der Waals surface area contributed by atoms with E-state index in [-0.39, 0.29) is 12.1 Å². The van der Waals surface area contributed by atoms with Crippen LogP contribution in [0.1, 0.15) is 35.1 Å². The van der Waals surface area contributed by atoms with E-state index in [0.717, 1.165) is 61.2 Å². The van der Waals surface area contributed by atoms with E-state index in [0.29, 0.717) is 22.4 Å². The number of rotatable bonds is 3. The average Bonchev–Trinajstić information content (AvgIpc) is 3.09. The molecule has 206 valence electrons. The third-order valence-corrected chi connectivity index (χ3v) is 9.27. The van der Waals surface area contributed by atoms with E-state index in [4.69, 9.17) is 14.5 Å². The fourth-order valence-corrected chi connectivity index (χ4v) is 7.04. The lowest BCUT2D eigenvalue weighted by Crippen LogP contribution is -2.34. The highest BCUT2D eigenvalue weighted by molar-refractivity contribution is 7.93. The Labute approximate surface area is 236 Å². The second-order valence-corrected chi connectivity index (χ2v) is 12.8. The smallest absolute Gasteiger partial charge is 0.239 e. The first-order valence-electron chi connectivity index (χ1n) is 13.9.